The van der Waals surface area contributed by atoms with Crippen LogP contribution in [-0.4, -0.2) is 28.5 Å². The fraction of sp³-hybridized carbons (Fsp3) is 0.500. The van der Waals surface area contributed by atoms with Gasteiger partial charge in [-0.3, -0.25) is 9.69 Å². The maximum atomic E-state index is 12.7. The van der Waals surface area contributed by atoms with Gasteiger partial charge in [-0.05, 0) is 44.1 Å². The van der Waals surface area contributed by atoms with Crippen molar-refractivity contribution in [3.63, 3.8) is 0 Å². The first-order valence-electron chi connectivity index (χ1n) is 7.25. The second-order valence-electron chi connectivity index (χ2n) is 5.91. The second kappa shape index (κ2) is 4.85. The van der Waals surface area contributed by atoms with Crippen molar-refractivity contribution in [2.75, 3.05) is 11.9 Å². The monoisotopic (exact) mass is 288 g/mol. The van der Waals surface area contributed by atoms with E-state index in [1.807, 2.05) is 0 Å². The Bertz CT molecular complexity index is 546. The third kappa shape index (κ3) is 1.85. The van der Waals surface area contributed by atoms with Crippen LogP contribution in [0.3, 0.4) is 0 Å². The lowest BCUT2D eigenvalue weighted by Gasteiger charge is -2.39. The number of anilines is 1. The number of likely N-dealkylation sites (N-methyl/N-ethyl adjacent to an activating group) is 1. The van der Waals surface area contributed by atoms with E-state index in [2.05, 4.69) is 36.1 Å². The number of nitrogens with zero attached hydrogens (tertiary/aromatic N) is 2. The van der Waals surface area contributed by atoms with Crippen molar-refractivity contribution in [3.05, 3.63) is 29.8 Å². The summed E-state index contributed by atoms with van der Waals surface area (Å²) in [5, 5.41) is 0.640. The van der Waals surface area contributed by atoms with Gasteiger partial charge in [-0.15, -0.1) is 0 Å². The summed E-state index contributed by atoms with van der Waals surface area (Å²) >= 11 is 5.54. The Morgan fingerprint density at radius 3 is 2.30 bits per heavy atom. The van der Waals surface area contributed by atoms with Crippen molar-refractivity contribution in [1.82, 2.24) is 4.90 Å². The highest BCUT2D eigenvalue weighted by Gasteiger charge is 2.54. The molecule has 1 aliphatic heterocycles. The summed E-state index contributed by atoms with van der Waals surface area (Å²) in [5.74, 6) is 0.169. The first kappa shape index (κ1) is 13.6. The number of hydrogen-bond donors (Lipinski definition) is 0. The molecule has 20 heavy (non-hydrogen) atoms. The number of hydrogen-bond acceptors (Lipinski definition) is 2. The van der Waals surface area contributed by atoms with E-state index in [4.69, 9.17) is 12.2 Å². The summed E-state index contributed by atoms with van der Waals surface area (Å²) < 4.78 is 0. The fourth-order valence-corrected chi connectivity index (χ4v) is 3.82. The van der Waals surface area contributed by atoms with E-state index < -0.39 is 5.54 Å². The standard InChI is InChI=1S/C16H20N2OS/c1-12-6-8-13(9-7-12)18-15(20)17(2)14(19)16(18)10-4-3-5-11-16/h6-9H,3-5,10-11H2,1-2H3. The molecule has 2 fully saturated rings. The van der Waals surface area contributed by atoms with E-state index in [1.165, 1.54) is 12.0 Å². The lowest BCUT2D eigenvalue weighted by Crippen LogP contribution is -2.51. The summed E-state index contributed by atoms with van der Waals surface area (Å²) in [6, 6.07) is 8.31. The van der Waals surface area contributed by atoms with E-state index in [9.17, 15) is 4.79 Å². The lowest BCUT2D eigenvalue weighted by atomic mass is 9.80. The van der Waals surface area contributed by atoms with Crippen molar-refractivity contribution in [3.8, 4) is 0 Å². The molecule has 1 aromatic carbocycles. The molecule has 0 atom stereocenters. The minimum Gasteiger partial charge on any atom is -0.303 e. The number of aryl methyl sites for hydroxylation is 1. The van der Waals surface area contributed by atoms with Crippen LogP contribution >= 0.6 is 12.2 Å². The average molecular weight is 288 g/mol. The molecule has 0 N–H and O–H groups in total. The van der Waals surface area contributed by atoms with Crippen LogP contribution in [0.2, 0.25) is 0 Å². The van der Waals surface area contributed by atoms with E-state index in [-0.39, 0.29) is 5.91 Å². The number of amides is 1. The molecule has 0 radical (unpaired) electrons. The van der Waals surface area contributed by atoms with Crippen LogP contribution in [0.25, 0.3) is 0 Å². The van der Waals surface area contributed by atoms with Gasteiger partial charge in [0, 0.05) is 12.7 Å². The molecule has 4 heteroatoms. The Hall–Kier alpha value is -1.42. The Kier molecular flexibility index (Phi) is 3.28. The van der Waals surface area contributed by atoms with E-state index in [1.54, 1.807) is 11.9 Å². The zero-order valence-electron chi connectivity index (χ0n) is 12.1. The number of rotatable bonds is 1. The molecular weight excluding hydrogens is 268 g/mol. The van der Waals surface area contributed by atoms with Crippen molar-refractivity contribution in [2.24, 2.45) is 0 Å². The molecule has 0 unspecified atom stereocenters. The molecule has 3 rings (SSSR count). The third-order valence-electron chi connectivity index (χ3n) is 4.58. The van der Waals surface area contributed by atoms with Crippen molar-refractivity contribution in [1.29, 1.82) is 0 Å². The molecule has 1 saturated heterocycles. The lowest BCUT2D eigenvalue weighted by molar-refractivity contribution is -0.130. The molecule has 0 aromatic heterocycles. The Morgan fingerprint density at radius 1 is 1.10 bits per heavy atom. The summed E-state index contributed by atoms with van der Waals surface area (Å²) in [6.07, 6.45) is 5.23. The Morgan fingerprint density at radius 2 is 1.70 bits per heavy atom. The Labute approximate surface area is 125 Å². The van der Waals surface area contributed by atoms with Gasteiger partial charge in [0.1, 0.15) is 5.54 Å². The van der Waals surface area contributed by atoms with Crippen LogP contribution in [0.1, 0.15) is 37.7 Å². The highest BCUT2D eigenvalue weighted by Crippen LogP contribution is 2.42. The molecule has 1 saturated carbocycles. The van der Waals surface area contributed by atoms with Crippen LogP contribution in [0.15, 0.2) is 24.3 Å². The van der Waals surface area contributed by atoms with Gasteiger partial charge in [0.2, 0.25) is 0 Å². The van der Waals surface area contributed by atoms with Gasteiger partial charge in [0.05, 0.1) is 0 Å². The number of thiocarbonyl (C=S) groups is 1. The van der Waals surface area contributed by atoms with Gasteiger partial charge in [-0.1, -0.05) is 37.0 Å². The normalized spacial score (nSPS) is 21.9. The first-order chi connectivity index (χ1) is 9.56. The van der Waals surface area contributed by atoms with Crippen LogP contribution in [0.4, 0.5) is 5.69 Å². The van der Waals surface area contributed by atoms with Gasteiger partial charge in [0.25, 0.3) is 5.91 Å². The predicted molar refractivity (Wildman–Crippen MR) is 84.8 cm³/mol. The molecule has 106 valence electrons. The zero-order chi connectivity index (χ0) is 14.3. The van der Waals surface area contributed by atoms with Gasteiger partial charge in [0.15, 0.2) is 5.11 Å². The zero-order valence-corrected chi connectivity index (χ0v) is 12.9. The molecule has 1 spiro atoms. The number of carbonyl (C=O) groups excluding carboxylic acids is 1. The van der Waals surface area contributed by atoms with Gasteiger partial charge in [-0.25, -0.2) is 0 Å². The molecule has 3 nitrogen and oxygen atoms in total. The predicted octanol–water partition coefficient (Wildman–Crippen LogP) is 3.26. The van der Waals surface area contributed by atoms with Crippen LogP contribution in [0.5, 0.6) is 0 Å². The topological polar surface area (TPSA) is 23.6 Å². The highest BCUT2D eigenvalue weighted by molar-refractivity contribution is 7.80. The molecule has 1 amide bonds. The number of carbonyl (C=O) groups is 1. The summed E-state index contributed by atoms with van der Waals surface area (Å²) in [5.41, 5.74) is 1.83. The van der Waals surface area contributed by atoms with Gasteiger partial charge >= 0.3 is 0 Å². The molecule has 1 heterocycles. The van der Waals surface area contributed by atoms with Crippen LogP contribution in [0, 0.1) is 6.92 Å². The Balaban J connectivity index is 2.07. The second-order valence-corrected chi connectivity index (χ2v) is 6.28. The minimum atomic E-state index is -0.431. The maximum absolute atomic E-state index is 12.7. The highest BCUT2D eigenvalue weighted by atomic mass is 32.1. The maximum Gasteiger partial charge on any atom is 0.254 e. The molecule has 0 bridgehead atoms. The van der Waals surface area contributed by atoms with Crippen molar-refractivity contribution in [2.45, 2.75) is 44.6 Å². The van der Waals surface area contributed by atoms with E-state index in [0.29, 0.717) is 5.11 Å². The molecular formula is C16H20N2OS. The smallest absolute Gasteiger partial charge is 0.254 e. The van der Waals surface area contributed by atoms with Gasteiger partial charge in [-0.2, -0.15) is 0 Å². The molecule has 1 aliphatic carbocycles. The van der Waals surface area contributed by atoms with E-state index in [0.717, 1.165) is 31.4 Å². The van der Waals surface area contributed by atoms with Crippen LogP contribution < -0.4 is 4.90 Å². The first-order valence-corrected chi connectivity index (χ1v) is 7.66. The minimum absolute atomic E-state index is 0.169. The number of benzene rings is 1. The SMILES string of the molecule is Cc1ccc(N2C(=S)N(C)C(=O)C23CCCCC3)cc1. The largest absolute Gasteiger partial charge is 0.303 e. The van der Waals surface area contributed by atoms with Crippen LogP contribution in [-0.2, 0) is 4.79 Å². The summed E-state index contributed by atoms with van der Waals surface area (Å²) in [4.78, 5) is 16.5. The fourth-order valence-electron chi connectivity index (χ4n) is 3.45. The third-order valence-corrected chi connectivity index (χ3v) is 5.04. The summed E-state index contributed by atoms with van der Waals surface area (Å²) in [7, 11) is 1.80. The van der Waals surface area contributed by atoms with Crippen molar-refractivity contribution >= 4 is 28.9 Å². The van der Waals surface area contributed by atoms with Gasteiger partial charge < -0.3 is 4.90 Å². The van der Waals surface area contributed by atoms with E-state index >= 15 is 0 Å². The molecule has 2 aliphatic rings. The summed E-state index contributed by atoms with van der Waals surface area (Å²) in [6.45, 7) is 2.07. The molecule has 1 aromatic rings. The average Bonchev–Trinajstić information content (AvgIpc) is 2.64. The van der Waals surface area contributed by atoms with Crippen molar-refractivity contribution < 1.29 is 4.79 Å². The quantitative estimate of drug-likeness (QED) is 0.741.